The van der Waals surface area contributed by atoms with Gasteiger partial charge in [0.2, 0.25) is 0 Å². The Kier molecular flexibility index (Phi) is 5.97. The maximum atomic E-state index is 5.95. The average Bonchev–Trinajstić information content (AvgIpc) is 2.07. The fourth-order valence-corrected chi connectivity index (χ4v) is 1.66. The third-order valence-electron chi connectivity index (χ3n) is 2.24. The van der Waals surface area contributed by atoms with Crippen molar-refractivity contribution >= 4 is 0 Å². The molecule has 0 saturated heterocycles. The Morgan fingerprint density at radius 3 is 1.94 bits per heavy atom. The number of allylic oxidation sites excluding steroid dienone is 3. The lowest BCUT2D eigenvalue weighted by atomic mass is 9.88. The van der Waals surface area contributed by atoms with Crippen molar-refractivity contribution in [3.63, 3.8) is 0 Å². The van der Waals surface area contributed by atoms with Crippen LogP contribution in [-0.4, -0.2) is 11.6 Å². The first-order chi connectivity index (χ1) is 7.53. The highest BCUT2D eigenvalue weighted by Gasteiger charge is 2.13. The maximum absolute atomic E-state index is 5.95. The SMILES string of the molecule is C/C=C(\C=C/N(N)CC(C)(C)C)CC(C)(C)C. The second kappa shape index (κ2) is 6.25. The summed E-state index contributed by atoms with van der Waals surface area (Å²) in [7, 11) is 0. The van der Waals surface area contributed by atoms with Gasteiger partial charge in [-0.15, -0.1) is 0 Å². The molecule has 100 valence electrons. The van der Waals surface area contributed by atoms with Gasteiger partial charge in [-0.3, -0.25) is 0 Å². The van der Waals surface area contributed by atoms with Crippen LogP contribution in [0.4, 0.5) is 0 Å². The predicted molar refractivity (Wildman–Crippen MR) is 77.3 cm³/mol. The zero-order chi connectivity index (χ0) is 13.7. The van der Waals surface area contributed by atoms with Crippen LogP contribution in [0.25, 0.3) is 0 Å². The minimum atomic E-state index is 0.221. The molecule has 0 radical (unpaired) electrons. The summed E-state index contributed by atoms with van der Waals surface area (Å²) in [5.74, 6) is 5.95. The van der Waals surface area contributed by atoms with E-state index >= 15 is 0 Å². The highest BCUT2D eigenvalue weighted by atomic mass is 15.4. The lowest BCUT2D eigenvalue weighted by Gasteiger charge is -2.25. The topological polar surface area (TPSA) is 29.3 Å². The van der Waals surface area contributed by atoms with Gasteiger partial charge in [0.1, 0.15) is 0 Å². The number of nitrogens with zero attached hydrogens (tertiary/aromatic N) is 1. The van der Waals surface area contributed by atoms with Crippen molar-refractivity contribution in [1.29, 1.82) is 0 Å². The molecule has 2 heteroatoms. The van der Waals surface area contributed by atoms with Gasteiger partial charge in [0.15, 0.2) is 0 Å². The molecule has 0 unspecified atom stereocenters. The van der Waals surface area contributed by atoms with Crippen LogP contribution in [0.2, 0.25) is 0 Å². The van der Waals surface area contributed by atoms with E-state index in [0.29, 0.717) is 5.41 Å². The van der Waals surface area contributed by atoms with Crippen LogP contribution in [0.5, 0.6) is 0 Å². The molecule has 0 atom stereocenters. The second-order valence-corrected chi connectivity index (χ2v) is 7.15. The van der Waals surface area contributed by atoms with E-state index in [0.717, 1.165) is 13.0 Å². The molecule has 0 rings (SSSR count). The van der Waals surface area contributed by atoms with E-state index in [-0.39, 0.29) is 5.41 Å². The van der Waals surface area contributed by atoms with Gasteiger partial charge in [0.25, 0.3) is 0 Å². The summed E-state index contributed by atoms with van der Waals surface area (Å²) in [4.78, 5) is 0. The van der Waals surface area contributed by atoms with E-state index in [1.54, 1.807) is 5.01 Å². The molecule has 0 spiro atoms. The largest absolute Gasteiger partial charge is 0.318 e. The zero-order valence-electron chi connectivity index (χ0n) is 12.7. The van der Waals surface area contributed by atoms with E-state index in [2.05, 4.69) is 60.6 Å². The van der Waals surface area contributed by atoms with Gasteiger partial charge in [-0.05, 0) is 30.3 Å². The van der Waals surface area contributed by atoms with Crippen molar-refractivity contribution in [1.82, 2.24) is 5.01 Å². The van der Waals surface area contributed by atoms with Crippen molar-refractivity contribution in [2.45, 2.75) is 54.9 Å². The second-order valence-electron chi connectivity index (χ2n) is 7.15. The highest BCUT2D eigenvalue weighted by molar-refractivity contribution is 5.18. The Labute approximate surface area is 108 Å². The third kappa shape index (κ3) is 10.1. The normalized spacial score (nSPS) is 14.5. The van der Waals surface area contributed by atoms with E-state index in [1.165, 1.54) is 5.57 Å². The number of rotatable bonds is 4. The third-order valence-corrected chi connectivity index (χ3v) is 2.24. The summed E-state index contributed by atoms with van der Waals surface area (Å²) in [6.07, 6.45) is 7.33. The molecule has 17 heavy (non-hydrogen) atoms. The molecule has 0 bridgehead atoms. The van der Waals surface area contributed by atoms with Crippen LogP contribution in [0.1, 0.15) is 54.9 Å². The summed E-state index contributed by atoms with van der Waals surface area (Å²) in [5.41, 5.74) is 1.87. The fourth-order valence-electron chi connectivity index (χ4n) is 1.66. The van der Waals surface area contributed by atoms with Crippen molar-refractivity contribution in [2.75, 3.05) is 6.54 Å². The predicted octanol–water partition coefficient (Wildman–Crippen LogP) is 4.10. The Morgan fingerprint density at radius 1 is 1.06 bits per heavy atom. The highest BCUT2D eigenvalue weighted by Crippen LogP contribution is 2.24. The van der Waals surface area contributed by atoms with Crippen molar-refractivity contribution in [2.24, 2.45) is 16.7 Å². The first-order valence-electron chi connectivity index (χ1n) is 6.38. The molecule has 0 aromatic heterocycles. The Hall–Kier alpha value is -0.760. The van der Waals surface area contributed by atoms with E-state index < -0.39 is 0 Å². The van der Waals surface area contributed by atoms with E-state index in [1.807, 2.05) is 6.20 Å². The zero-order valence-corrected chi connectivity index (χ0v) is 12.7. The van der Waals surface area contributed by atoms with Crippen molar-refractivity contribution < 1.29 is 0 Å². The first kappa shape index (κ1) is 16.2. The summed E-state index contributed by atoms with van der Waals surface area (Å²) in [5, 5.41) is 1.77. The smallest absolute Gasteiger partial charge is 0.0383 e. The molecular weight excluding hydrogens is 208 g/mol. The minimum Gasteiger partial charge on any atom is -0.318 e. The van der Waals surface area contributed by atoms with Gasteiger partial charge in [0, 0.05) is 12.7 Å². The lowest BCUT2D eigenvalue weighted by Crippen LogP contribution is -2.33. The monoisotopic (exact) mass is 238 g/mol. The van der Waals surface area contributed by atoms with Gasteiger partial charge < -0.3 is 5.01 Å². The van der Waals surface area contributed by atoms with Crippen LogP contribution in [-0.2, 0) is 0 Å². The number of nitrogens with two attached hydrogens (primary N) is 1. The molecule has 0 aliphatic carbocycles. The van der Waals surface area contributed by atoms with Crippen LogP contribution >= 0.6 is 0 Å². The number of hydrazine groups is 1. The molecule has 0 aromatic rings. The van der Waals surface area contributed by atoms with Crippen LogP contribution in [0, 0.1) is 10.8 Å². The maximum Gasteiger partial charge on any atom is 0.0383 e. The molecular formula is C15H30N2. The Morgan fingerprint density at radius 2 is 1.59 bits per heavy atom. The van der Waals surface area contributed by atoms with Gasteiger partial charge in [-0.1, -0.05) is 53.2 Å². The number of hydrogen-bond acceptors (Lipinski definition) is 2. The molecule has 2 N–H and O–H groups in total. The summed E-state index contributed by atoms with van der Waals surface area (Å²) in [6.45, 7) is 16.2. The van der Waals surface area contributed by atoms with Gasteiger partial charge in [0.05, 0.1) is 0 Å². The average molecular weight is 238 g/mol. The van der Waals surface area contributed by atoms with Crippen LogP contribution < -0.4 is 5.84 Å². The van der Waals surface area contributed by atoms with Crippen molar-refractivity contribution in [3.05, 3.63) is 23.9 Å². The van der Waals surface area contributed by atoms with Gasteiger partial charge >= 0.3 is 0 Å². The lowest BCUT2D eigenvalue weighted by molar-refractivity contribution is 0.256. The number of hydrogen-bond donors (Lipinski definition) is 1. The summed E-state index contributed by atoms with van der Waals surface area (Å²) in [6, 6.07) is 0. The molecule has 0 aromatic carbocycles. The van der Waals surface area contributed by atoms with E-state index in [4.69, 9.17) is 5.84 Å². The minimum absolute atomic E-state index is 0.221. The van der Waals surface area contributed by atoms with Gasteiger partial charge in [-0.2, -0.15) is 0 Å². The first-order valence-corrected chi connectivity index (χ1v) is 6.38. The molecule has 0 saturated carbocycles. The van der Waals surface area contributed by atoms with Crippen LogP contribution in [0.15, 0.2) is 23.9 Å². The summed E-state index contributed by atoms with van der Waals surface area (Å²) < 4.78 is 0. The van der Waals surface area contributed by atoms with Crippen molar-refractivity contribution in [3.8, 4) is 0 Å². The molecule has 0 amide bonds. The quantitative estimate of drug-likeness (QED) is 0.454. The standard InChI is InChI=1S/C15H30N2/c1-8-13(11-14(2,3)4)9-10-17(16)12-15(5,6)7/h8-10H,11-12,16H2,1-7H3/b10-9-,13-8+. The fraction of sp³-hybridized carbons (Fsp3) is 0.733. The van der Waals surface area contributed by atoms with Crippen LogP contribution in [0.3, 0.4) is 0 Å². The molecule has 0 aliphatic rings. The molecule has 2 nitrogen and oxygen atoms in total. The van der Waals surface area contributed by atoms with E-state index in [9.17, 15) is 0 Å². The molecule has 0 heterocycles. The summed E-state index contributed by atoms with van der Waals surface area (Å²) >= 11 is 0. The molecule has 0 aliphatic heterocycles. The van der Waals surface area contributed by atoms with Gasteiger partial charge in [-0.25, -0.2) is 5.84 Å². The molecule has 0 fully saturated rings. The Bertz CT molecular complexity index is 274. The Balaban J connectivity index is 4.39.